The lowest BCUT2D eigenvalue weighted by Crippen LogP contribution is -2.49. The van der Waals surface area contributed by atoms with Crippen LogP contribution in [0.4, 0.5) is 9.59 Å². The van der Waals surface area contributed by atoms with E-state index in [1.807, 2.05) is 0 Å². The maximum absolute atomic E-state index is 13.1. The predicted octanol–water partition coefficient (Wildman–Crippen LogP) is 1.08. The second-order valence-corrected chi connectivity index (χ2v) is 10.1. The molecule has 2 saturated heterocycles. The molecule has 0 aromatic heterocycles. The first kappa shape index (κ1) is 26.4. The van der Waals surface area contributed by atoms with Gasteiger partial charge in [-0.25, -0.2) is 9.59 Å². The summed E-state index contributed by atoms with van der Waals surface area (Å²) in [7, 11) is 0. The lowest BCUT2D eigenvalue weighted by molar-refractivity contribution is -0.149. The van der Waals surface area contributed by atoms with Crippen LogP contribution in [0.5, 0.6) is 0 Å². The van der Waals surface area contributed by atoms with Crippen molar-refractivity contribution in [3.8, 4) is 0 Å². The third-order valence-corrected chi connectivity index (χ3v) is 7.65. The molecule has 0 spiro atoms. The highest BCUT2D eigenvalue weighted by atomic mass is 16.5. The number of hydrogen-bond acceptors (Lipinski definition) is 8. The van der Waals surface area contributed by atoms with Gasteiger partial charge in [0.25, 0.3) is 0 Å². The van der Waals surface area contributed by atoms with Gasteiger partial charge in [-0.1, -0.05) is 38.5 Å². The normalized spacial score (nSPS) is 33.2. The van der Waals surface area contributed by atoms with E-state index in [1.54, 1.807) is 13.8 Å². The lowest BCUT2D eigenvalue weighted by Gasteiger charge is -2.32. The maximum atomic E-state index is 13.1. The van der Waals surface area contributed by atoms with E-state index in [2.05, 4.69) is 0 Å². The first-order valence-electron chi connectivity index (χ1n) is 12.9. The summed E-state index contributed by atoms with van der Waals surface area (Å²) in [5.41, 5.74) is 0. The summed E-state index contributed by atoms with van der Waals surface area (Å²) in [4.78, 5) is 30.0. The van der Waals surface area contributed by atoms with Crippen molar-refractivity contribution in [2.24, 2.45) is 0 Å². The summed E-state index contributed by atoms with van der Waals surface area (Å²) in [6.45, 7) is 2.75. The Bertz CT molecular complexity index is 687. The largest absolute Gasteiger partial charge is 0.369 e. The van der Waals surface area contributed by atoms with E-state index < -0.39 is 56.1 Å². The van der Waals surface area contributed by atoms with E-state index in [9.17, 15) is 30.0 Å². The standard InChI is InChI=1S/C23H40N4O8/c1-14(34-16-9-5-3-6-10-16)26-20(30)18(28)24(22(26)32)13-25-19(29)21(31)27(23(25)33)15(2)35-17-11-7-4-8-12-17/h14-21,28-31H,3-13H2,1-2H3. The maximum Gasteiger partial charge on any atom is 0.327 e. The van der Waals surface area contributed by atoms with E-state index in [-0.39, 0.29) is 12.2 Å². The van der Waals surface area contributed by atoms with Gasteiger partial charge in [0.1, 0.15) is 19.1 Å². The minimum atomic E-state index is -1.64. The summed E-state index contributed by atoms with van der Waals surface area (Å²) < 4.78 is 12.0. The van der Waals surface area contributed by atoms with Gasteiger partial charge in [0.15, 0.2) is 24.9 Å². The molecule has 4 aliphatic rings. The van der Waals surface area contributed by atoms with Crippen molar-refractivity contribution in [3.05, 3.63) is 0 Å². The van der Waals surface area contributed by atoms with Crippen molar-refractivity contribution >= 4 is 12.1 Å². The number of rotatable bonds is 8. The van der Waals surface area contributed by atoms with Gasteiger partial charge in [-0.15, -0.1) is 0 Å². The molecule has 12 nitrogen and oxygen atoms in total. The van der Waals surface area contributed by atoms with Crippen molar-refractivity contribution in [1.29, 1.82) is 0 Å². The third kappa shape index (κ3) is 5.37. The van der Waals surface area contributed by atoms with Crippen LogP contribution in [-0.2, 0) is 9.47 Å². The number of aliphatic hydroxyl groups is 4. The Morgan fingerprint density at radius 3 is 1.34 bits per heavy atom. The number of carbonyl (C=O) groups is 2. The molecule has 35 heavy (non-hydrogen) atoms. The molecule has 2 aliphatic carbocycles. The fourth-order valence-electron chi connectivity index (χ4n) is 5.64. The lowest BCUT2D eigenvalue weighted by atomic mass is 9.98. The zero-order valence-electron chi connectivity index (χ0n) is 20.6. The smallest absolute Gasteiger partial charge is 0.327 e. The summed E-state index contributed by atoms with van der Waals surface area (Å²) >= 11 is 0. The molecule has 6 atom stereocenters. The first-order chi connectivity index (χ1) is 16.7. The van der Waals surface area contributed by atoms with Crippen molar-refractivity contribution in [2.45, 2.75) is 128 Å². The minimum Gasteiger partial charge on any atom is -0.369 e. The number of hydrogen-bond donors (Lipinski definition) is 4. The topological polar surface area (TPSA) is 146 Å². The van der Waals surface area contributed by atoms with Crippen molar-refractivity contribution in [1.82, 2.24) is 19.6 Å². The van der Waals surface area contributed by atoms with Crippen LogP contribution in [0.25, 0.3) is 0 Å². The number of aliphatic hydroxyl groups excluding tert-OH is 4. The van der Waals surface area contributed by atoms with Gasteiger partial charge in [-0.3, -0.25) is 19.6 Å². The predicted molar refractivity (Wildman–Crippen MR) is 122 cm³/mol. The van der Waals surface area contributed by atoms with E-state index in [0.29, 0.717) is 0 Å². The second-order valence-electron chi connectivity index (χ2n) is 10.1. The zero-order chi connectivity index (χ0) is 25.3. The molecule has 0 aromatic rings. The van der Waals surface area contributed by atoms with Crippen LogP contribution >= 0.6 is 0 Å². The molecule has 4 rings (SSSR count). The van der Waals surface area contributed by atoms with Gasteiger partial charge in [0.05, 0.1) is 12.2 Å². The second kappa shape index (κ2) is 11.1. The summed E-state index contributed by atoms with van der Waals surface area (Å²) in [6, 6.07) is -1.46. The Morgan fingerprint density at radius 2 is 1.00 bits per heavy atom. The van der Waals surface area contributed by atoms with Crippen molar-refractivity contribution in [2.75, 3.05) is 6.67 Å². The zero-order valence-corrected chi connectivity index (χ0v) is 20.6. The highest BCUT2D eigenvalue weighted by Crippen LogP contribution is 2.31. The van der Waals surface area contributed by atoms with Crippen molar-refractivity contribution in [3.63, 3.8) is 0 Å². The van der Waals surface area contributed by atoms with Gasteiger partial charge in [-0.2, -0.15) is 0 Å². The first-order valence-corrected chi connectivity index (χ1v) is 12.9. The Hall–Kier alpha value is -1.70. The van der Waals surface area contributed by atoms with Crippen LogP contribution < -0.4 is 0 Å². The Balaban J connectivity index is 1.39. The van der Waals surface area contributed by atoms with Crippen LogP contribution in [0.2, 0.25) is 0 Å². The molecule has 12 heteroatoms. The average molecular weight is 501 g/mol. The van der Waals surface area contributed by atoms with Gasteiger partial charge >= 0.3 is 12.1 Å². The number of nitrogens with zero attached hydrogens (tertiary/aromatic N) is 4. The Morgan fingerprint density at radius 1 is 0.657 bits per heavy atom. The van der Waals surface area contributed by atoms with Crippen LogP contribution in [0.1, 0.15) is 78.1 Å². The Labute approximate surface area is 206 Å². The molecule has 2 saturated carbocycles. The van der Waals surface area contributed by atoms with Crippen LogP contribution in [0.3, 0.4) is 0 Å². The quantitative estimate of drug-likeness (QED) is 0.387. The molecule has 2 aliphatic heterocycles. The van der Waals surface area contributed by atoms with Crippen molar-refractivity contribution < 1.29 is 39.5 Å². The molecule has 200 valence electrons. The number of ether oxygens (including phenoxy) is 2. The summed E-state index contributed by atoms with van der Waals surface area (Å²) in [5, 5.41) is 42.3. The molecule has 4 amide bonds. The SMILES string of the molecule is CC(OC1CCCCC1)N1C(=O)N(CN2C(=O)N(C(C)OC3CCCCC3)C(O)C2O)C(O)C1O. The highest BCUT2D eigenvalue weighted by Gasteiger charge is 2.52. The number of carbonyl (C=O) groups excluding carboxylic acids is 2. The molecule has 0 radical (unpaired) electrons. The minimum absolute atomic E-state index is 0.0266. The van der Waals surface area contributed by atoms with Gasteiger partial charge in [-0.05, 0) is 39.5 Å². The molecular formula is C23H40N4O8. The monoisotopic (exact) mass is 500 g/mol. The third-order valence-electron chi connectivity index (χ3n) is 7.65. The summed E-state index contributed by atoms with van der Waals surface area (Å²) in [6.07, 6.45) is 1.92. The van der Waals surface area contributed by atoms with Gasteiger partial charge in [0.2, 0.25) is 0 Å². The molecule has 2 heterocycles. The molecule has 4 N–H and O–H groups in total. The van der Waals surface area contributed by atoms with E-state index in [4.69, 9.17) is 9.47 Å². The van der Waals surface area contributed by atoms with Crippen LogP contribution in [0, 0.1) is 0 Å². The molecule has 4 fully saturated rings. The molecule has 0 aromatic carbocycles. The van der Waals surface area contributed by atoms with E-state index in [0.717, 1.165) is 83.8 Å². The average Bonchev–Trinajstić information content (AvgIpc) is 3.18. The Kier molecular flexibility index (Phi) is 8.39. The van der Waals surface area contributed by atoms with Gasteiger partial charge < -0.3 is 29.9 Å². The van der Waals surface area contributed by atoms with Crippen LogP contribution in [0.15, 0.2) is 0 Å². The van der Waals surface area contributed by atoms with Gasteiger partial charge in [0, 0.05) is 0 Å². The van der Waals surface area contributed by atoms with E-state index in [1.165, 1.54) is 0 Å². The fourth-order valence-corrected chi connectivity index (χ4v) is 5.64. The van der Waals surface area contributed by atoms with E-state index >= 15 is 0 Å². The fraction of sp³-hybridized carbons (Fsp3) is 0.913. The highest BCUT2D eigenvalue weighted by molar-refractivity contribution is 5.80. The molecule has 0 bridgehead atoms. The molecule has 6 unspecified atom stereocenters. The number of amides is 4. The van der Waals surface area contributed by atoms with Crippen LogP contribution in [-0.4, -0.2) is 108 Å². The summed E-state index contributed by atoms with van der Waals surface area (Å²) in [5.74, 6) is 0. The molecular weight excluding hydrogens is 460 g/mol. The number of urea groups is 2.